The van der Waals surface area contributed by atoms with Crippen LogP contribution in [0.5, 0.6) is 0 Å². The van der Waals surface area contributed by atoms with Crippen molar-refractivity contribution in [1.82, 2.24) is 0 Å². The maximum absolute atomic E-state index is 12.9. The molecule has 0 amide bonds. The molecule has 0 aliphatic rings. The van der Waals surface area contributed by atoms with Gasteiger partial charge in [0.1, 0.15) is 12.7 Å². The highest BCUT2D eigenvalue weighted by atomic mass is 31.2. The van der Waals surface area contributed by atoms with E-state index in [-0.39, 0.29) is 25.9 Å². The molecule has 0 aliphatic carbocycles. The third-order valence-electron chi connectivity index (χ3n) is 12.5. The molecule has 0 saturated carbocycles. The van der Waals surface area contributed by atoms with Crippen molar-refractivity contribution in [3.05, 3.63) is 97.2 Å². The van der Waals surface area contributed by atoms with Crippen molar-refractivity contribution < 1.29 is 52.2 Å². The Labute approximate surface area is 463 Å². The van der Waals surface area contributed by atoms with Crippen LogP contribution in [0.15, 0.2) is 97.2 Å². The van der Waals surface area contributed by atoms with Crippen LogP contribution in [-0.2, 0) is 42.2 Å². The minimum Gasteiger partial charge on any atom is -0.462 e. The number of rotatable bonds is 55. The predicted octanol–water partition coefficient (Wildman–Crippen LogP) is 18.0. The number of aliphatic hydroxyl groups is 1. The van der Waals surface area contributed by atoms with Crippen LogP contribution in [-0.4, -0.2) is 66.5 Å². The molecule has 0 radical (unpaired) electrons. The first-order valence-electron chi connectivity index (χ1n) is 30.1. The number of carbonyl (C=O) groups is 3. The van der Waals surface area contributed by atoms with Crippen LogP contribution in [0.3, 0.4) is 0 Å². The zero-order valence-electron chi connectivity index (χ0n) is 48.2. The van der Waals surface area contributed by atoms with E-state index < -0.39 is 57.8 Å². The summed E-state index contributed by atoms with van der Waals surface area (Å²) in [5, 5.41) is 9.83. The molecular formula is C64H109O11P. The van der Waals surface area contributed by atoms with Gasteiger partial charge in [0.25, 0.3) is 0 Å². The van der Waals surface area contributed by atoms with Gasteiger partial charge in [0.05, 0.1) is 19.8 Å². The van der Waals surface area contributed by atoms with Gasteiger partial charge in [0.15, 0.2) is 6.10 Å². The lowest BCUT2D eigenvalue weighted by Crippen LogP contribution is -2.30. The summed E-state index contributed by atoms with van der Waals surface area (Å²) in [5.41, 5.74) is 0. The summed E-state index contributed by atoms with van der Waals surface area (Å²) in [6.07, 6.45) is 67.9. The number of ether oxygens (including phenoxy) is 3. The Bertz CT molecular complexity index is 1640. The molecule has 2 N–H and O–H groups in total. The van der Waals surface area contributed by atoms with Gasteiger partial charge in [-0.1, -0.05) is 214 Å². The van der Waals surface area contributed by atoms with Gasteiger partial charge in [-0.15, -0.1) is 0 Å². The molecule has 0 spiro atoms. The molecule has 3 atom stereocenters. The summed E-state index contributed by atoms with van der Waals surface area (Å²) in [7, 11) is -4.76. The lowest BCUT2D eigenvalue weighted by atomic mass is 10.1. The first kappa shape index (κ1) is 72.4. The molecule has 0 rings (SSSR count). The molecule has 12 heteroatoms. The number of esters is 3. The van der Waals surface area contributed by atoms with Crippen LogP contribution in [0.25, 0.3) is 0 Å². The first-order chi connectivity index (χ1) is 37.2. The van der Waals surface area contributed by atoms with Crippen LogP contribution >= 0.6 is 7.82 Å². The number of hydrogen-bond acceptors (Lipinski definition) is 10. The van der Waals surface area contributed by atoms with Gasteiger partial charge in [-0.25, -0.2) is 4.57 Å². The molecule has 0 bridgehead atoms. The number of aliphatic hydroxyl groups excluding tert-OH is 1. The number of phosphoric acid groups is 1. The summed E-state index contributed by atoms with van der Waals surface area (Å²) >= 11 is 0. The molecule has 0 fully saturated rings. The molecule has 76 heavy (non-hydrogen) atoms. The van der Waals surface area contributed by atoms with Crippen LogP contribution in [0.4, 0.5) is 0 Å². The monoisotopic (exact) mass is 1080 g/mol. The molecule has 3 unspecified atom stereocenters. The standard InChI is InChI=1S/C64H109O11P/c1-4-7-10-13-16-19-22-24-26-28-30-32-34-36-39-42-45-48-51-54-63(67)74-60(56-65)58-72-76(69,70)73-59-61(57-71-62(66)53-50-47-44-41-38-21-18-15-12-9-6-3)75-64(68)55-52-49-46-43-40-37-35-33-31-29-27-25-23-20-17-14-11-8-5-2/h8,11,15-20,24-27,30-33,60-61,65H,4-7,9-10,12-14,21-23,28-29,34-59H2,1-3H3,(H,69,70)/b11-8-,18-15-,19-16-,20-17-,26-24-,27-25-,32-30-,33-31-. The summed E-state index contributed by atoms with van der Waals surface area (Å²) in [5.74, 6) is -1.51. The van der Waals surface area contributed by atoms with Crippen molar-refractivity contribution in [2.75, 3.05) is 26.4 Å². The molecule has 11 nitrogen and oxygen atoms in total. The number of phosphoric ester groups is 1. The summed E-state index contributed by atoms with van der Waals surface area (Å²) in [4.78, 5) is 48.6. The van der Waals surface area contributed by atoms with Crippen LogP contribution in [0.2, 0.25) is 0 Å². The highest BCUT2D eigenvalue weighted by Crippen LogP contribution is 2.43. The molecule has 0 heterocycles. The second-order valence-corrected chi connectivity index (χ2v) is 21.2. The second-order valence-electron chi connectivity index (χ2n) is 19.8. The highest BCUT2D eigenvalue weighted by molar-refractivity contribution is 7.47. The van der Waals surface area contributed by atoms with E-state index in [2.05, 4.69) is 118 Å². The van der Waals surface area contributed by atoms with Gasteiger partial charge in [-0.3, -0.25) is 23.4 Å². The molecule has 0 aliphatic heterocycles. The van der Waals surface area contributed by atoms with E-state index in [9.17, 15) is 28.9 Å². The van der Waals surface area contributed by atoms with E-state index in [1.807, 2.05) is 0 Å². The Morgan fingerprint density at radius 3 is 1.11 bits per heavy atom. The first-order valence-corrected chi connectivity index (χ1v) is 31.6. The van der Waals surface area contributed by atoms with Crippen LogP contribution in [0, 0.1) is 0 Å². The number of hydrogen-bond donors (Lipinski definition) is 2. The molecule has 0 aromatic heterocycles. The Morgan fingerprint density at radius 2 is 0.697 bits per heavy atom. The fourth-order valence-corrected chi connectivity index (χ4v) is 8.65. The fraction of sp³-hybridized carbons (Fsp3) is 0.703. The minimum atomic E-state index is -4.76. The van der Waals surface area contributed by atoms with E-state index >= 15 is 0 Å². The van der Waals surface area contributed by atoms with Crippen molar-refractivity contribution in [2.24, 2.45) is 0 Å². The molecular weight excluding hydrogens is 976 g/mol. The van der Waals surface area contributed by atoms with Gasteiger partial charge in [-0.2, -0.15) is 0 Å². The van der Waals surface area contributed by atoms with E-state index in [1.165, 1.54) is 38.5 Å². The van der Waals surface area contributed by atoms with E-state index in [0.717, 1.165) is 154 Å². The average Bonchev–Trinajstić information content (AvgIpc) is 3.41. The lowest BCUT2D eigenvalue weighted by molar-refractivity contribution is -0.161. The van der Waals surface area contributed by atoms with E-state index in [1.54, 1.807) is 0 Å². The lowest BCUT2D eigenvalue weighted by Gasteiger charge is -2.21. The normalized spacial score (nSPS) is 14.0. The number of unbranched alkanes of at least 4 members (excludes halogenated alkanes) is 22. The zero-order valence-corrected chi connectivity index (χ0v) is 49.1. The topological polar surface area (TPSA) is 155 Å². The van der Waals surface area contributed by atoms with Crippen LogP contribution in [0.1, 0.15) is 252 Å². The van der Waals surface area contributed by atoms with Gasteiger partial charge in [-0.05, 0) is 116 Å². The molecule has 0 aromatic carbocycles. The second kappa shape index (κ2) is 57.6. The smallest absolute Gasteiger partial charge is 0.462 e. The summed E-state index contributed by atoms with van der Waals surface area (Å²) < 4.78 is 39.5. The van der Waals surface area contributed by atoms with Gasteiger partial charge < -0.3 is 24.2 Å². The van der Waals surface area contributed by atoms with Crippen molar-refractivity contribution in [2.45, 2.75) is 264 Å². The molecule has 436 valence electrons. The van der Waals surface area contributed by atoms with Crippen molar-refractivity contribution in [3.63, 3.8) is 0 Å². The maximum Gasteiger partial charge on any atom is 0.472 e. The number of carbonyl (C=O) groups excluding carboxylic acids is 3. The number of allylic oxidation sites excluding steroid dienone is 16. The third kappa shape index (κ3) is 55.2. The average molecular weight is 1090 g/mol. The Hall–Kier alpha value is -3.60. The highest BCUT2D eigenvalue weighted by Gasteiger charge is 2.28. The third-order valence-corrected chi connectivity index (χ3v) is 13.4. The Morgan fingerprint density at radius 1 is 0.382 bits per heavy atom. The van der Waals surface area contributed by atoms with E-state index in [0.29, 0.717) is 19.3 Å². The molecule has 0 saturated heterocycles. The maximum atomic E-state index is 12.9. The fourth-order valence-electron chi connectivity index (χ4n) is 7.86. The quantitative estimate of drug-likeness (QED) is 0.0197. The SMILES string of the molecule is CC/C=C\C/C=C\C/C=C\C/C=C\CCCCCCCCC(=O)OC(COC(=O)CCCCCCC/C=C\CCCC)COP(=O)(O)OCC(CO)OC(=O)CCCCCCCC/C=C\C/C=C\C/C=C\CCCCC. The van der Waals surface area contributed by atoms with Gasteiger partial charge in [0.2, 0.25) is 0 Å². The van der Waals surface area contributed by atoms with Crippen molar-refractivity contribution in [1.29, 1.82) is 0 Å². The summed E-state index contributed by atoms with van der Waals surface area (Å²) in [6.45, 7) is 4.43. The Kier molecular flexibility index (Phi) is 54.8. The molecule has 0 aromatic rings. The minimum absolute atomic E-state index is 0.145. The van der Waals surface area contributed by atoms with E-state index in [4.69, 9.17) is 23.3 Å². The largest absolute Gasteiger partial charge is 0.472 e. The summed E-state index contributed by atoms with van der Waals surface area (Å²) in [6, 6.07) is 0. The van der Waals surface area contributed by atoms with Crippen LogP contribution < -0.4 is 0 Å². The van der Waals surface area contributed by atoms with Crippen molar-refractivity contribution in [3.8, 4) is 0 Å². The zero-order chi connectivity index (χ0) is 55.5. The Balaban J connectivity index is 4.69. The van der Waals surface area contributed by atoms with Gasteiger partial charge >= 0.3 is 25.7 Å². The predicted molar refractivity (Wildman–Crippen MR) is 316 cm³/mol. The van der Waals surface area contributed by atoms with Gasteiger partial charge in [0, 0.05) is 19.3 Å². The van der Waals surface area contributed by atoms with Crippen molar-refractivity contribution >= 4 is 25.7 Å².